The third-order valence-electron chi connectivity index (χ3n) is 5.62. The fourth-order valence-corrected chi connectivity index (χ4v) is 5.55. The van der Waals surface area contributed by atoms with Crippen molar-refractivity contribution in [3.05, 3.63) is 34.0 Å². The van der Waals surface area contributed by atoms with Gasteiger partial charge in [0, 0.05) is 36.8 Å². The standard InChI is InChI=1S/C19H28N4O4S/c1-12-18(14(3)23(20-12)16-8-9-28(25,26)11-16)10-22(5)19(24)7-6-17-13(2)21-27-15(17)4/h16H,6-11H2,1-5H3/t16-/m1/s1. The van der Waals surface area contributed by atoms with Gasteiger partial charge in [-0.2, -0.15) is 5.10 Å². The number of aryl methyl sites for hydroxylation is 3. The van der Waals surface area contributed by atoms with Crippen LogP contribution < -0.4 is 0 Å². The van der Waals surface area contributed by atoms with Gasteiger partial charge in [0.15, 0.2) is 9.84 Å². The van der Waals surface area contributed by atoms with Crippen LogP contribution in [0.5, 0.6) is 0 Å². The predicted molar refractivity (Wildman–Crippen MR) is 105 cm³/mol. The molecule has 1 saturated heterocycles. The minimum atomic E-state index is -2.97. The van der Waals surface area contributed by atoms with Crippen molar-refractivity contribution < 1.29 is 17.7 Å². The SMILES string of the molecule is Cc1noc(C)c1CCC(=O)N(C)Cc1c(C)nn([C@@H]2CCS(=O)(=O)C2)c1C. The molecule has 0 bridgehead atoms. The van der Waals surface area contributed by atoms with Gasteiger partial charge in [-0.1, -0.05) is 5.16 Å². The second-order valence-electron chi connectivity index (χ2n) is 7.70. The van der Waals surface area contributed by atoms with Crippen LogP contribution in [0.1, 0.15) is 52.9 Å². The van der Waals surface area contributed by atoms with E-state index in [4.69, 9.17) is 4.52 Å². The summed E-state index contributed by atoms with van der Waals surface area (Å²) in [5.74, 6) is 1.15. The van der Waals surface area contributed by atoms with E-state index in [1.54, 1.807) is 11.9 Å². The quantitative estimate of drug-likeness (QED) is 0.725. The molecule has 0 aromatic carbocycles. The molecule has 0 aliphatic carbocycles. The van der Waals surface area contributed by atoms with E-state index in [-0.39, 0.29) is 23.5 Å². The minimum Gasteiger partial charge on any atom is -0.361 e. The molecule has 154 valence electrons. The molecular weight excluding hydrogens is 380 g/mol. The maximum atomic E-state index is 12.6. The zero-order chi connectivity index (χ0) is 20.6. The molecular formula is C19H28N4O4S. The highest BCUT2D eigenvalue weighted by Gasteiger charge is 2.31. The van der Waals surface area contributed by atoms with Gasteiger partial charge in [0.05, 0.1) is 28.9 Å². The smallest absolute Gasteiger partial charge is 0.222 e. The van der Waals surface area contributed by atoms with Crippen molar-refractivity contribution in [2.75, 3.05) is 18.6 Å². The number of aromatic nitrogens is 3. The second-order valence-corrected chi connectivity index (χ2v) is 9.93. The number of carbonyl (C=O) groups excluding carboxylic acids is 1. The topological polar surface area (TPSA) is 98.3 Å². The average molecular weight is 409 g/mol. The van der Waals surface area contributed by atoms with E-state index in [1.807, 2.05) is 32.4 Å². The maximum absolute atomic E-state index is 12.6. The number of amides is 1. The number of nitrogens with zero attached hydrogens (tertiary/aromatic N) is 4. The van der Waals surface area contributed by atoms with Gasteiger partial charge < -0.3 is 9.42 Å². The molecule has 0 radical (unpaired) electrons. The highest BCUT2D eigenvalue weighted by Crippen LogP contribution is 2.27. The van der Waals surface area contributed by atoms with Crippen molar-refractivity contribution in [3.63, 3.8) is 0 Å². The van der Waals surface area contributed by atoms with Crippen molar-refractivity contribution in [3.8, 4) is 0 Å². The Labute approximate surface area is 165 Å². The molecule has 9 heteroatoms. The monoisotopic (exact) mass is 408 g/mol. The fourth-order valence-electron chi connectivity index (χ4n) is 3.86. The molecule has 0 unspecified atom stereocenters. The van der Waals surface area contributed by atoms with E-state index in [0.29, 0.717) is 25.8 Å². The molecule has 0 saturated carbocycles. The first-order valence-electron chi connectivity index (χ1n) is 9.49. The zero-order valence-corrected chi connectivity index (χ0v) is 18.0. The second kappa shape index (κ2) is 7.69. The van der Waals surface area contributed by atoms with Gasteiger partial charge in [-0.05, 0) is 40.5 Å². The maximum Gasteiger partial charge on any atom is 0.222 e. The van der Waals surface area contributed by atoms with Crippen molar-refractivity contribution in [1.82, 2.24) is 19.8 Å². The van der Waals surface area contributed by atoms with Crippen LogP contribution in [-0.4, -0.2) is 52.7 Å². The molecule has 2 aromatic heterocycles. The van der Waals surface area contributed by atoms with Crippen LogP contribution in [0.4, 0.5) is 0 Å². The lowest BCUT2D eigenvalue weighted by Crippen LogP contribution is -2.27. The zero-order valence-electron chi connectivity index (χ0n) is 17.2. The molecule has 1 aliphatic rings. The molecule has 3 heterocycles. The summed E-state index contributed by atoms with van der Waals surface area (Å²) < 4.78 is 30.6. The van der Waals surface area contributed by atoms with Gasteiger partial charge in [0.25, 0.3) is 0 Å². The Morgan fingerprint density at radius 1 is 1.21 bits per heavy atom. The highest BCUT2D eigenvalue weighted by atomic mass is 32.2. The highest BCUT2D eigenvalue weighted by molar-refractivity contribution is 7.91. The van der Waals surface area contributed by atoms with Crippen LogP contribution >= 0.6 is 0 Å². The molecule has 0 N–H and O–H groups in total. The molecule has 1 atom stereocenters. The number of rotatable bonds is 6. The van der Waals surface area contributed by atoms with Crippen LogP contribution in [0.15, 0.2) is 4.52 Å². The van der Waals surface area contributed by atoms with Crippen molar-refractivity contribution in [2.24, 2.45) is 0 Å². The van der Waals surface area contributed by atoms with E-state index < -0.39 is 9.84 Å². The lowest BCUT2D eigenvalue weighted by atomic mass is 10.1. The molecule has 0 spiro atoms. The molecule has 8 nitrogen and oxygen atoms in total. The van der Waals surface area contributed by atoms with E-state index in [2.05, 4.69) is 10.3 Å². The molecule has 28 heavy (non-hydrogen) atoms. The first kappa shape index (κ1) is 20.6. The summed E-state index contributed by atoms with van der Waals surface area (Å²) in [6.07, 6.45) is 1.57. The van der Waals surface area contributed by atoms with Gasteiger partial charge >= 0.3 is 0 Å². The summed E-state index contributed by atoms with van der Waals surface area (Å²) >= 11 is 0. The first-order valence-corrected chi connectivity index (χ1v) is 11.3. The van der Waals surface area contributed by atoms with E-state index in [1.165, 1.54) is 0 Å². The molecule has 1 amide bonds. The van der Waals surface area contributed by atoms with E-state index in [0.717, 1.165) is 34.0 Å². The van der Waals surface area contributed by atoms with Crippen molar-refractivity contribution >= 4 is 15.7 Å². The lowest BCUT2D eigenvalue weighted by Gasteiger charge is -2.18. The largest absolute Gasteiger partial charge is 0.361 e. The Balaban J connectivity index is 1.67. The van der Waals surface area contributed by atoms with Gasteiger partial charge in [0.1, 0.15) is 5.76 Å². The van der Waals surface area contributed by atoms with Crippen LogP contribution in [0.25, 0.3) is 0 Å². The summed E-state index contributed by atoms with van der Waals surface area (Å²) in [5, 5.41) is 8.50. The van der Waals surface area contributed by atoms with Crippen LogP contribution in [-0.2, 0) is 27.6 Å². The fraction of sp³-hybridized carbons (Fsp3) is 0.632. The van der Waals surface area contributed by atoms with Crippen LogP contribution in [0.2, 0.25) is 0 Å². The normalized spacial score (nSPS) is 18.5. The van der Waals surface area contributed by atoms with Gasteiger partial charge in [-0.25, -0.2) is 8.42 Å². The molecule has 1 fully saturated rings. The van der Waals surface area contributed by atoms with Gasteiger partial charge in [-0.3, -0.25) is 9.48 Å². The number of hydrogen-bond donors (Lipinski definition) is 0. The summed E-state index contributed by atoms with van der Waals surface area (Å²) in [6, 6.07) is -0.113. The third-order valence-corrected chi connectivity index (χ3v) is 7.37. The Bertz CT molecular complexity index is 970. The summed E-state index contributed by atoms with van der Waals surface area (Å²) in [4.78, 5) is 14.3. The average Bonchev–Trinajstić information content (AvgIpc) is 3.24. The number of sulfone groups is 1. The first-order chi connectivity index (χ1) is 13.1. The molecule has 3 rings (SSSR count). The Morgan fingerprint density at radius 2 is 1.93 bits per heavy atom. The Hall–Kier alpha value is -2.16. The minimum absolute atomic E-state index is 0.0370. The van der Waals surface area contributed by atoms with E-state index >= 15 is 0 Å². The van der Waals surface area contributed by atoms with Gasteiger partial charge in [0.2, 0.25) is 5.91 Å². The van der Waals surface area contributed by atoms with E-state index in [9.17, 15) is 13.2 Å². The predicted octanol–water partition coefficient (Wildman–Crippen LogP) is 2.06. The van der Waals surface area contributed by atoms with Gasteiger partial charge in [-0.15, -0.1) is 0 Å². The van der Waals surface area contributed by atoms with Crippen LogP contribution in [0, 0.1) is 27.7 Å². The summed E-state index contributed by atoms with van der Waals surface area (Å²) in [5.41, 5.74) is 4.58. The lowest BCUT2D eigenvalue weighted by molar-refractivity contribution is -0.130. The van der Waals surface area contributed by atoms with Crippen LogP contribution in [0.3, 0.4) is 0 Å². The molecule has 2 aromatic rings. The van der Waals surface area contributed by atoms with Crippen molar-refractivity contribution in [2.45, 2.75) is 59.5 Å². The Morgan fingerprint density at radius 3 is 2.50 bits per heavy atom. The summed E-state index contributed by atoms with van der Waals surface area (Å²) in [7, 11) is -1.19. The molecule has 1 aliphatic heterocycles. The number of hydrogen-bond acceptors (Lipinski definition) is 6. The Kier molecular flexibility index (Phi) is 5.65. The number of carbonyl (C=O) groups is 1. The summed E-state index contributed by atoms with van der Waals surface area (Å²) in [6.45, 7) is 8.04. The third kappa shape index (κ3) is 4.14. The van der Waals surface area contributed by atoms with Crippen molar-refractivity contribution in [1.29, 1.82) is 0 Å².